The average Bonchev–Trinajstić information content (AvgIpc) is 2.39. The van der Waals surface area contributed by atoms with Crippen molar-refractivity contribution in [2.24, 2.45) is 0 Å². The van der Waals surface area contributed by atoms with Crippen molar-refractivity contribution in [2.45, 2.75) is 25.8 Å². The van der Waals surface area contributed by atoms with E-state index >= 15 is 0 Å². The van der Waals surface area contributed by atoms with Gasteiger partial charge in [0.05, 0.1) is 7.11 Å². The van der Waals surface area contributed by atoms with Gasteiger partial charge in [0.15, 0.2) is 11.6 Å². The summed E-state index contributed by atoms with van der Waals surface area (Å²) in [4.78, 5) is 10.6. The molecular formula is C12H21N5O. The maximum absolute atomic E-state index is 5.76. The van der Waals surface area contributed by atoms with Crippen molar-refractivity contribution < 1.29 is 4.74 Å². The van der Waals surface area contributed by atoms with Crippen LogP contribution in [0.2, 0.25) is 0 Å². The molecule has 0 aromatic carbocycles. The number of nitrogens with zero attached hydrogens (tertiary/aromatic N) is 3. The van der Waals surface area contributed by atoms with Crippen LogP contribution < -0.4 is 15.8 Å². The Balaban J connectivity index is 2.07. The van der Waals surface area contributed by atoms with Crippen molar-refractivity contribution in [3.63, 3.8) is 0 Å². The third kappa shape index (κ3) is 2.81. The van der Waals surface area contributed by atoms with Crippen LogP contribution in [0.1, 0.15) is 19.8 Å². The number of ether oxygens (including phenoxy) is 1. The Morgan fingerprint density at radius 1 is 1.56 bits per heavy atom. The summed E-state index contributed by atoms with van der Waals surface area (Å²) >= 11 is 0. The summed E-state index contributed by atoms with van der Waals surface area (Å²) in [6.07, 6.45) is 3.80. The highest BCUT2D eigenvalue weighted by atomic mass is 16.5. The molecule has 6 heteroatoms. The van der Waals surface area contributed by atoms with Crippen molar-refractivity contribution in [2.75, 3.05) is 37.8 Å². The molecule has 0 saturated carbocycles. The molecule has 2 heterocycles. The normalized spacial score (nSPS) is 20.7. The Labute approximate surface area is 108 Å². The first-order valence-corrected chi connectivity index (χ1v) is 6.38. The zero-order valence-corrected chi connectivity index (χ0v) is 11.0. The van der Waals surface area contributed by atoms with Crippen LogP contribution in [-0.2, 0) is 0 Å². The second-order valence-electron chi connectivity index (χ2n) is 4.52. The third-order valence-electron chi connectivity index (χ3n) is 3.33. The van der Waals surface area contributed by atoms with Crippen LogP contribution in [0.25, 0.3) is 0 Å². The quantitative estimate of drug-likeness (QED) is 0.830. The minimum absolute atomic E-state index is 0.373. The van der Waals surface area contributed by atoms with Crippen LogP contribution >= 0.6 is 0 Å². The van der Waals surface area contributed by atoms with Gasteiger partial charge in [0, 0.05) is 12.6 Å². The molecule has 3 N–H and O–H groups in total. The molecule has 2 rings (SSSR count). The largest absolute Gasteiger partial charge is 0.490 e. The number of methoxy groups -OCH3 is 1. The number of hydrogen-bond acceptors (Lipinski definition) is 6. The van der Waals surface area contributed by atoms with E-state index in [1.807, 2.05) is 0 Å². The van der Waals surface area contributed by atoms with Gasteiger partial charge in [-0.25, -0.2) is 9.97 Å². The Bertz CT molecular complexity index is 398. The Kier molecular flexibility index (Phi) is 4.19. The molecule has 1 saturated heterocycles. The van der Waals surface area contributed by atoms with E-state index in [-0.39, 0.29) is 0 Å². The summed E-state index contributed by atoms with van der Waals surface area (Å²) in [7, 11) is 1.58. The number of aromatic nitrogens is 2. The number of likely N-dealkylation sites (tertiary alicyclic amines) is 1. The van der Waals surface area contributed by atoms with E-state index in [1.54, 1.807) is 7.11 Å². The van der Waals surface area contributed by atoms with Gasteiger partial charge in [-0.15, -0.1) is 0 Å². The molecule has 0 amide bonds. The molecule has 100 valence electrons. The van der Waals surface area contributed by atoms with Gasteiger partial charge in [-0.3, -0.25) is 0 Å². The Morgan fingerprint density at radius 2 is 2.39 bits per heavy atom. The van der Waals surface area contributed by atoms with E-state index in [1.165, 1.54) is 19.3 Å². The predicted octanol–water partition coefficient (Wildman–Crippen LogP) is 0.964. The fourth-order valence-electron chi connectivity index (χ4n) is 2.35. The summed E-state index contributed by atoms with van der Waals surface area (Å²) in [6.45, 7) is 5.48. The molecule has 0 bridgehead atoms. The minimum Gasteiger partial charge on any atom is -0.490 e. The van der Waals surface area contributed by atoms with Crippen LogP contribution in [0.3, 0.4) is 0 Å². The van der Waals surface area contributed by atoms with E-state index in [9.17, 15) is 0 Å². The van der Waals surface area contributed by atoms with Crippen LogP contribution in [0, 0.1) is 0 Å². The van der Waals surface area contributed by atoms with Gasteiger partial charge < -0.3 is 20.7 Å². The summed E-state index contributed by atoms with van der Waals surface area (Å²) in [5.74, 6) is 1.59. The lowest BCUT2D eigenvalue weighted by Gasteiger charge is -2.32. The summed E-state index contributed by atoms with van der Waals surface area (Å²) < 4.78 is 5.24. The number of nitrogen functional groups attached to an aromatic ring is 1. The van der Waals surface area contributed by atoms with E-state index in [2.05, 4.69) is 27.1 Å². The molecular weight excluding hydrogens is 230 g/mol. The standard InChI is InChI=1S/C12H21N5O/c1-3-17-6-4-5-9(7-17)16-12-10(18-2)11(13)14-8-15-12/h8-9H,3-7H2,1-2H3,(H3,13,14,15,16). The highest BCUT2D eigenvalue weighted by Crippen LogP contribution is 2.27. The molecule has 1 aromatic heterocycles. The van der Waals surface area contributed by atoms with Gasteiger partial charge in [-0.1, -0.05) is 6.92 Å². The molecule has 1 aliphatic rings. The molecule has 6 nitrogen and oxygen atoms in total. The smallest absolute Gasteiger partial charge is 0.203 e. The number of hydrogen-bond donors (Lipinski definition) is 2. The Morgan fingerprint density at radius 3 is 3.11 bits per heavy atom. The monoisotopic (exact) mass is 251 g/mol. The van der Waals surface area contributed by atoms with Crippen LogP contribution in [-0.4, -0.2) is 47.7 Å². The maximum atomic E-state index is 5.76. The average molecular weight is 251 g/mol. The van der Waals surface area contributed by atoms with Crippen LogP contribution in [0.4, 0.5) is 11.6 Å². The van der Waals surface area contributed by atoms with E-state index < -0.39 is 0 Å². The van der Waals surface area contributed by atoms with Crippen molar-refractivity contribution in [3.8, 4) is 5.75 Å². The van der Waals surface area contributed by atoms with Gasteiger partial charge in [0.1, 0.15) is 6.33 Å². The van der Waals surface area contributed by atoms with E-state index in [4.69, 9.17) is 10.5 Å². The molecule has 1 atom stereocenters. The zero-order valence-electron chi connectivity index (χ0n) is 11.0. The summed E-state index contributed by atoms with van der Waals surface area (Å²) in [5, 5.41) is 3.41. The maximum Gasteiger partial charge on any atom is 0.203 e. The van der Waals surface area contributed by atoms with E-state index in [0.717, 1.165) is 19.5 Å². The van der Waals surface area contributed by atoms with Gasteiger partial charge in [0.2, 0.25) is 5.75 Å². The van der Waals surface area contributed by atoms with Gasteiger partial charge in [-0.2, -0.15) is 0 Å². The zero-order chi connectivity index (χ0) is 13.0. The highest BCUT2D eigenvalue weighted by molar-refractivity contribution is 5.61. The topological polar surface area (TPSA) is 76.3 Å². The molecule has 0 radical (unpaired) electrons. The molecule has 0 spiro atoms. The SMILES string of the molecule is CCN1CCCC(Nc2ncnc(N)c2OC)C1. The van der Waals surface area contributed by atoms with Crippen LogP contribution in [0.15, 0.2) is 6.33 Å². The number of nitrogens with two attached hydrogens (primary N) is 1. The third-order valence-corrected chi connectivity index (χ3v) is 3.33. The number of rotatable bonds is 4. The molecule has 18 heavy (non-hydrogen) atoms. The van der Waals surface area contributed by atoms with Crippen molar-refractivity contribution in [1.29, 1.82) is 0 Å². The van der Waals surface area contributed by atoms with Crippen LogP contribution in [0.5, 0.6) is 5.75 Å². The minimum atomic E-state index is 0.373. The molecule has 1 aliphatic heterocycles. The van der Waals surface area contributed by atoms with Crippen molar-refractivity contribution in [1.82, 2.24) is 14.9 Å². The summed E-state index contributed by atoms with van der Waals surface area (Å²) in [5.41, 5.74) is 5.76. The van der Waals surface area contributed by atoms with Gasteiger partial charge in [-0.05, 0) is 25.9 Å². The number of piperidine rings is 1. The Hall–Kier alpha value is -1.56. The molecule has 1 aromatic rings. The number of anilines is 2. The van der Waals surface area contributed by atoms with E-state index in [0.29, 0.717) is 23.4 Å². The lowest BCUT2D eigenvalue weighted by atomic mass is 10.1. The molecule has 1 fully saturated rings. The predicted molar refractivity (Wildman–Crippen MR) is 71.8 cm³/mol. The van der Waals surface area contributed by atoms with Crippen molar-refractivity contribution in [3.05, 3.63) is 6.33 Å². The highest BCUT2D eigenvalue weighted by Gasteiger charge is 2.20. The summed E-state index contributed by atoms with van der Waals surface area (Å²) in [6, 6.07) is 0.391. The molecule has 1 unspecified atom stereocenters. The lowest BCUT2D eigenvalue weighted by molar-refractivity contribution is 0.226. The lowest BCUT2D eigenvalue weighted by Crippen LogP contribution is -2.42. The first-order chi connectivity index (χ1) is 8.74. The van der Waals surface area contributed by atoms with Gasteiger partial charge in [0.25, 0.3) is 0 Å². The first kappa shape index (κ1) is 12.9. The fraction of sp³-hybridized carbons (Fsp3) is 0.667. The van der Waals surface area contributed by atoms with Crippen molar-refractivity contribution >= 4 is 11.6 Å². The number of likely N-dealkylation sites (N-methyl/N-ethyl adjacent to an activating group) is 1. The molecule has 0 aliphatic carbocycles. The first-order valence-electron chi connectivity index (χ1n) is 6.38. The fourth-order valence-corrected chi connectivity index (χ4v) is 2.35. The second kappa shape index (κ2) is 5.86. The number of nitrogens with one attached hydrogen (secondary N) is 1. The second-order valence-corrected chi connectivity index (χ2v) is 4.52. The van der Waals surface area contributed by atoms with Gasteiger partial charge >= 0.3 is 0 Å².